The summed E-state index contributed by atoms with van der Waals surface area (Å²) in [5.74, 6) is -0.856. The van der Waals surface area contributed by atoms with Crippen LogP contribution in [0.25, 0.3) is 0 Å². The molecule has 0 amide bonds. The predicted molar refractivity (Wildman–Crippen MR) is 81.8 cm³/mol. The number of aliphatic carboxylic acids is 1. The number of carboxylic acids is 1. The standard InChI is InChI=1S/C15H18ClNO2.ClH/c1-17-11-6-7-13(17)14(15(18)19)12(8-11)9-2-4-10(16)5-3-9;/h2-5,11-14H,6-8H2,1H3,(H,18,19);1H/t11-,12+,13+,14-;/m0./s1. The van der Waals surface area contributed by atoms with E-state index in [1.54, 1.807) is 0 Å². The highest BCUT2D eigenvalue weighted by atomic mass is 35.5. The van der Waals surface area contributed by atoms with Crippen molar-refractivity contribution in [2.24, 2.45) is 5.92 Å². The van der Waals surface area contributed by atoms with E-state index in [4.69, 9.17) is 11.6 Å². The molecule has 1 aromatic carbocycles. The molecule has 110 valence electrons. The van der Waals surface area contributed by atoms with Gasteiger partial charge in [-0.25, -0.2) is 0 Å². The van der Waals surface area contributed by atoms with Crippen LogP contribution in [-0.4, -0.2) is 35.1 Å². The third-order valence-electron chi connectivity index (χ3n) is 4.85. The highest BCUT2D eigenvalue weighted by Crippen LogP contribution is 2.46. The summed E-state index contributed by atoms with van der Waals surface area (Å²) in [5, 5.41) is 10.3. The first-order chi connectivity index (χ1) is 9.08. The molecule has 0 spiro atoms. The van der Waals surface area contributed by atoms with Gasteiger partial charge in [0.25, 0.3) is 0 Å². The minimum atomic E-state index is -0.669. The third-order valence-corrected chi connectivity index (χ3v) is 5.10. The number of hydrogen-bond acceptors (Lipinski definition) is 2. The second kappa shape index (κ2) is 5.92. The normalized spacial score (nSPS) is 32.7. The van der Waals surface area contributed by atoms with Crippen molar-refractivity contribution in [1.82, 2.24) is 4.90 Å². The average molecular weight is 316 g/mol. The van der Waals surface area contributed by atoms with Gasteiger partial charge in [0.05, 0.1) is 5.92 Å². The molecule has 0 saturated carbocycles. The highest BCUT2D eigenvalue weighted by molar-refractivity contribution is 6.30. The lowest BCUT2D eigenvalue weighted by atomic mass is 9.76. The molecule has 5 heteroatoms. The largest absolute Gasteiger partial charge is 0.481 e. The second-order valence-electron chi connectivity index (χ2n) is 5.72. The molecule has 0 unspecified atom stereocenters. The van der Waals surface area contributed by atoms with Gasteiger partial charge < -0.3 is 5.11 Å². The van der Waals surface area contributed by atoms with Crippen LogP contribution in [0, 0.1) is 5.92 Å². The summed E-state index contributed by atoms with van der Waals surface area (Å²) in [6.07, 6.45) is 3.06. The van der Waals surface area contributed by atoms with E-state index in [9.17, 15) is 9.90 Å². The molecule has 2 aliphatic heterocycles. The molecule has 2 heterocycles. The van der Waals surface area contributed by atoms with Crippen LogP contribution in [-0.2, 0) is 4.79 Å². The zero-order valence-electron chi connectivity index (χ0n) is 11.3. The number of benzene rings is 1. The molecule has 3 rings (SSSR count). The van der Waals surface area contributed by atoms with Gasteiger partial charge >= 0.3 is 5.97 Å². The lowest BCUT2D eigenvalue weighted by molar-refractivity contribution is -0.146. The van der Waals surface area contributed by atoms with E-state index in [0.717, 1.165) is 24.8 Å². The van der Waals surface area contributed by atoms with Crippen molar-refractivity contribution in [3.8, 4) is 0 Å². The van der Waals surface area contributed by atoms with Gasteiger partial charge in [0.15, 0.2) is 0 Å². The first kappa shape index (κ1) is 15.6. The molecule has 0 aliphatic carbocycles. The van der Waals surface area contributed by atoms with Gasteiger partial charge in [-0.3, -0.25) is 9.69 Å². The molecule has 1 N–H and O–H groups in total. The molecule has 2 fully saturated rings. The van der Waals surface area contributed by atoms with Crippen LogP contribution in [0.2, 0.25) is 5.02 Å². The Kier molecular flexibility index (Phi) is 4.62. The van der Waals surface area contributed by atoms with Crippen LogP contribution >= 0.6 is 24.0 Å². The number of fused-ring (bicyclic) bond motifs is 2. The minimum absolute atomic E-state index is 0. The zero-order valence-corrected chi connectivity index (χ0v) is 12.9. The molecule has 0 radical (unpaired) electrons. The van der Waals surface area contributed by atoms with Crippen molar-refractivity contribution in [3.05, 3.63) is 34.9 Å². The Labute approximate surface area is 130 Å². The quantitative estimate of drug-likeness (QED) is 0.909. The monoisotopic (exact) mass is 315 g/mol. The van der Waals surface area contributed by atoms with E-state index in [-0.39, 0.29) is 30.3 Å². The van der Waals surface area contributed by atoms with E-state index in [2.05, 4.69) is 11.9 Å². The summed E-state index contributed by atoms with van der Waals surface area (Å²) >= 11 is 5.92. The van der Waals surface area contributed by atoms with Crippen LogP contribution in [0.1, 0.15) is 30.7 Å². The molecule has 0 aromatic heterocycles. The topological polar surface area (TPSA) is 40.5 Å². The van der Waals surface area contributed by atoms with Gasteiger partial charge in [-0.2, -0.15) is 0 Å². The maximum Gasteiger partial charge on any atom is 0.308 e. The van der Waals surface area contributed by atoms with Gasteiger partial charge in [-0.15, -0.1) is 12.4 Å². The number of carbonyl (C=O) groups is 1. The van der Waals surface area contributed by atoms with Gasteiger partial charge in [-0.1, -0.05) is 23.7 Å². The van der Waals surface area contributed by atoms with Gasteiger partial charge in [0.1, 0.15) is 0 Å². The van der Waals surface area contributed by atoms with Crippen LogP contribution in [0.4, 0.5) is 0 Å². The first-order valence-corrected chi connectivity index (χ1v) is 7.16. The lowest BCUT2D eigenvalue weighted by Gasteiger charge is -2.41. The van der Waals surface area contributed by atoms with Gasteiger partial charge in [0, 0.05) is 23.0 Å². The van der Waals surface area contributed by atoms with E-state index in [0.29, 0.717) is 11.1 Å². The van der Waals surface area contributed by atoms with Crippen molar-refractivity contribution in [3.63, 3.8) is 0 Å². The van der Waals surface area contributed by atoms with Gasteiger partial charge in [-0.05, 0) is 44.0 Å². The van der Waals surface area contributed by atoms with E-state index < -0.39 is 5.97 Å². The number of carboxylic acid groups (broad SMARTS) is 1. The molecule has 3 nitrogen and oxygen atoms in total. The maximum absolute atomic E-state index is 11.7. The number of halogens is 2. The Balaban J connectivity index is 0.00000147. The van der Waals surface area contributed by atoms with Crippen molar-refractivity contribution in [1.29, 1.82) is 0 Å². The predicted octanol–water partition coefficient (Wildman–Crippen LogP) is 3.41. The first-order valence-electron chi connectivity index (χ1n) is 6.78. The van der Waals surface area contributed by atoms with Crippen molar-refractivity contribution in [2.75, 3.05) is 7.05 Å². The Bertz CT molecular complexity index is 491. The van der Waals surface area contributed by atoms with Crippen LogP contribution in [0.5, 0.6) is 0 Å². The Hall–Kier alpha value is -0.770. The second-order valence-corrected chi connectivity index (χ2v) is 6.16. The summed E-state index contributed by atoms with van der Waals surface area (Å²) < 4.78 is 0. The van der Waals surface area contributed by atoms with E-state index in [1.165, 1.54) is 0 Å². The number of rotatable bonds is 2. The molecule has 2 saturated heterocycles. The summed E-state index contributed by atoms with van der Waals surface area (Å²) in [4.78, 5) is 14.0. The number of hydrogen-bond donors (Lipinski definition) is 1. The smallest absolute Gasteiger partial charge is 0.308 e. The molecule has 1 aromatic rings. The Morgan fingerprint density at radius 1 is 1.30 bits per heavy atom. The van der Waals surface area contributed by atoms with Crippen LogP contribution in [0.15, 0.2) is 24.3 Å². The summed E-state index contributed by atoms with van der Waals surface area (Å²) in [6.45, 7) is 0. The minimum Gasteiger partial charge on any atom is -0.481 e. The molecular formula is C15H19Cl2NO2. The fourth-order valence-electron chi connectivity index (χ4n) is 3.86. The fraction of sp³-hybridized carbons (Fsp3) is 0.533. The highest BCUT2D eigenvalue weighted by Gasteiger charge is 2.49. The molecule has 20 heavy (non-hydrogen) atoms. The number of piperidine rings is 1. The Morgan fingerprint density at radius 3 is 2.55 bits per heavy atom. The van der Waals surface area contributed by atoms with Crippen LogP contribution < -0.4 is 0 Å². The van der Waals surface area contributed by atoms with E-state index in [1.807, 2.05) is 24.3 Å². The van der Waals surface area contributed by atoms with Crippen molar-refractivity contribution >= 4 is 30.0 Å². The average Bonchev–Trinajstić information content (AvgIpc) is 2.63. The SMILES string of the molecule is CN1[C@H]2CC[C@@H]1[C@@H](C(=O)O)[C@@H](c1ccc(Cl)cc1)C2.Cl. The molecule has 2 bridgehead atoms. The molecular weight excluding hydrogens is 297 g/mol. The lowest BCUT2D eigenvalue weighted by Crippen LogP contribution is -2.48. The maximum atomic E-state index is 11.7. The summed E-state index contributed by atoms with van der Waals surface area (Å²) in [7, 11) is 2.07. The van der Waals surface area contributed by atoms with Crippen LogP contribution in [0.3, 0.4) is 0 Å². The molecule has 4 atom stereocenters. The van der Waals surface area contributed by atoms with E-state index >= 15 is 0 Å². The number of nitrogens with zero attached hydrogens (tertiary/aromatic N) is 1. The third kappa shape index (κ3) is 2.54. The fourth-order valence-corrected chi connectivity index (χ4v) is 3.98. The summed E-state index contributed by atoms with van der Waals surface area (Å²) in [6, 6.07) is 8.38. The van der Waals surface area contributed by atoms with Crippen molar-refractivity contribution in [2.45, 2.75) is 37.3 Å². The molecule has 2 aliphatic rings. The van der Waals surface area contributed by atoms with Crippen molar-refractivity contribution < 1.29 is 9.90 Å². The van der Waals surface area contributed by atoms with Gasteiger partial charge in [0.2, 0.25) is 0 Å². The Morgan fingerprint density at radius 2 is 1.95 bits per heavy atom. The summed E-state index contributed by atoms with van der Waals surface area (Å²) in [5.41, 5.74) is 1.11. The zero-order chi connectivity index (χ0) is 13.6.